The first kappa shape index (κ1) is 14.9. The molecule has 0 aromatic carbocycles. The van der Waals surface area contributed by atoms with Gasteiger partial charge < -0.3 is 16.0 Å². The average Bonchev–Trinajstić information content (AvgIpc) is 2.47. The summed E-state index contributed by atoms with van der Waals surface area (Å²) in [5, 5.41) is 3.18. The second-order valence-electron chi connectivity index (χ2n) is 4.92. The molecule has 1 aromatic heterocycles. The Labute approximate surface area is 121 Å². The van der Waals surface area contributed by atoms with Gasteiger partial charge in [-0.05, 0) is 12.8 Å². The Morgan fingerprint density at radius 3 is 2.52 bits per heavy atom. The second kappa shape index (κ2) is 6.29. The topological polar surface area (TPSA) is 118 Å². The van der Waals surface area contributed by atoms with Crippen molar-refractivity contribution >= 4 is 23.4 Å². The largest absolute Gasteiger partial charge is 0.367 e. The number of amides is 2. The first-order valence-corrected chi connectivity index (χ1v) is 6.65. The normalized spacial score (nSPS) is 15.6. The standard InChI is InChI=1S/C13H17N5O3/c1-8(19)13(21)18-4-2-9(3-5-18)17-11-6-10(12(14)20)15-7-16-11/h6-7,9H,2-5H2,1H3,(H2,14,20)(H,15,16,17). The van der Waals surface area contributed by atoms with Gasteiger partial charge in [-0.25, -0.2) is 9.97 Å². The van der Waals surface area contributed by atoms with Gasteiger partial charge in [0, 0.05) is 32.1 Å². The predicted octanol–water partition coefficient (Wildman–Crippen LogP) is -0.433. The first-order chi connectivity index (χ1) is 9.97. The Morgan fingerprint density at radius 2 is 1.95 bits per heavy atom. The molecule has 3 N–H and O–H groups in total. The number of hydrogen-bond acceptors (Lipinski definition) is 6. The van der Waals surface area contributed by atoms with Crippen molar-refractivity contribution in [2.45, 2.75) is 25.8 Å². The lowest BCUT2D eigenvalue weighted by atomic mass is 10.0. The lowest BCUT2D eigenvalue weighted by Crippen LogP contribution is -2.44. The molecule has 1 aromatic rings. The Kier molecular flexibility index (Phi) is 4.46. The van der Waals surface area contributed by atoms with Crippen molar-refractivity contribution in [1.29, 1.82) is 0 Å². The van der Waals surface area contributed by atoms with Gasteiger partial charge in [0.2, 0.25) is 5.78 Å². The van der Waals surface area contributed by atoms with Crippen LogP contribution in [0.15, 0.2) is 12.4 Å². The molecule has 1 aliphatic heterocycles. The number of piperidine rings is 1. The molecule has 1 saturated heterocycles. The number of nitrogens with two attached hydrogens (primary N) is 1. The van der Waals surface area contributed by atoms with Gasteiger partial charge in [-0.1, -0.05) is 0 Å². The Bertz CT molecular complexity index is 567. The number of ketones is 1. The molecule has 8 heteroatoms. The molecule has 2 rings (SSSR count). The Hall–Kier alpha value is -2.51. The highest BCUT2D eigenvalue weighted by molar-refractivity contribution is 6.35. The highest BCUT2D eigenvalue weighted by Crippen LogP contribution is 2.15. The van der Waals surface area contributed by atoms with Crippen LogP contribution in [0.25, 0.3) is 0 Å². The maximum Gasteiger partial charge on any atom is 0.289 e. The zero-order valence-electron chi connectivity index (χ0n) is 11.7. The zero-order valence-corrected chi connectivity index (χ0v) is 11.7. The fourth-order valence-electron chi connectivity index (χ4n) is 2.23. The first-order valence-electron chi connectivity index (χ1n) is 6.65. The number of nitrogens with one attached hydrogen (secondary N) is 1. The summed E-state index contributed by atoms with van der Waals surface area (Å²) in [5.74, 6) is -0.965. The van der Waals surface area contributed by atoms with E-state index in [2.05, 4.69) is 15.3 Å². The number of carbonyl (C=O) groups excluding carboxylic acids is 3. The number of primary amides is 1. The van der Waals surface area contributed by atoms with Crippen LogP contribution in [-0.4, -0.2) is 51.6 Å². The molecule has 2 heterocycles. The van der Waals surface area contributed by atoms with Gasteiger partial charge in [0.15, 0.2) is 0 Å². The summed E-state index contributed by atoms with van der Waals surface area (Å²) in [6, 6.07) is 1.62. The molecule has 0 atom stereocenters. The molecule has 0 aliphatic carbocycles. The number of hydrogen-bond donors (Lipinski definition) is 2. The van der Waals surface area contributed by atoms with E-state index in [1.54, 1.807) is 4.90 Å². The minimum atomic E-state index is -0.609. The lowest BCUT2D eigenvalue weighted by Gasteiger charge is -2.32. The minimum Gasteiger partial charge on any atom is -0.367 e. The Balaban J connectivity index is 1.92. The molecule has 0 unspecified atom stereocenters. The predicted molar refractivity (Wildman–Crippen MR) is 74.5 cm³/mol. The minimum absolute atomic E-state index is 0.122. The molecule has 8 nitrogen and oxygen atoms in total. The van der Waals surface area contributed by atoms with Gasteiger partial charge in [0.05, 0.1) is 0 Å². The number of nitrogens with zero attached hydrogens (tertiary/aromatic N) is 3. The number of carbonyl (C=O) groups is 3. The van der Waals surface area contributed by atoms with Crippen LogP contribution in [0.5, 0.6) is 0 Å². The molecular formula is C13H17N5O3. The SMILES string of the molecule is CC(=O)C(=O)N1CCC(Nc2cc(C(N)=O)ncn2)CC1. The number of anilines is 1. The maximum absolute atomic E-state index is 11.6. The van der Waals surface area contributed by atoms with E-state index in [0.717, 1.165) is 0 Å². The number of Topliss-reactive ketones (excluding diaryl/α,β-unsaturated/α-hetero) is 1. The van der Waals surface area contributed by atoms with Crippen molar-refractivity contribution in [3.8, 4) is 0 Å². The average molecular weight is 291 g/mol. The summed E-state index contributed by atoms with van der Waals surface area (Å²) in [7, 11) is 0. The zero-order chi connectivity index (χ0) is 15.4. The van der Waals surface area contributed by atoms with E-state index < -0.39 is 17.6 Å². The van der Waals surface area contributed by atoms with Gasteiger partial charge in [-0.15, -0.1) is 0 Å². The van der Waals surface area contributed by atoms with E-state index in [0.29, 0.717) is 31.7 Å². The molecule has 0 spiro atoms. The van der Waals surface area contributed by atoms with Crippen molar-refractivity contribution < 1.29 is 14.4 Å². The van der Waals surface area contributed by atoms with Crippen LogP contribution in [0.3, 0.4) is 0 Å². The number of likely N-dealkylation sites (tertiary alicyclic amines) is 1. The van der Waals surface area contributed by atoms with Crippen LogP contribution in [-0.2, 0) is 9.59 Å². The molecular weight excluding hydrogens is 274 g/mol. The molecule has 0 bridgehead atoms. The van der Waals surface area contributed by atoms with Gasteiger partial charge in [-0.3, -0.25) is 14.4 Å². The van der Waals surface area contributed by atoms with Gasteiger partial charge >= 0.3 is 0 Å². The van der Waals surface area contributed by atoms with E-state index in [4.69, 9.17) is 5.73 Å². The van der Waals surface area contributed by atoms with Crippen LogP contribution in [0.4, 0.5) is 5.82 Å². The van der Waals surface area contributed by atoms with E-state index in [-0.39, 0.29) is 11.7 Å². The second-order valence-corrected chi connectivity index (χ2v) is 4.92. The van der Waals surface area contributed by atoms with Crippen LogP contribution < -0.4 is 11.1 Å². The van der Waals surface area contributed by atoms with Crippen molar-refractivity contribution in [3.05, 3.63) is 18.1 Å². The fraction of sp³-hybridized carbons (Fsp3) is 0.462. The van der Waals surface area contributed by atoms with Gasteiger partial charge in [0.25, 0.3) is 11.8 Å². The monoisotopic (exact) mass is 291 g/mol. The number of rotatable bonds is 4. The molecule has 0 radical (unpaired) electrons. The summed E-state index contributed by atoms with van der Waals surface area (Å²) >= 11 is 0. The summed E-state index contributed by atoms with van der Waals surface area (Å²) < 4.78 is 0. The Morgan fingerprint density at radius 1 is 1.29 bits per heavy atom. The molecule has 112 valence electrons. The van der Waals surface area contributed by atoms with Crippen molar-refractivity contribution in [2.75, 3.05) is 18.4 Å². The summed E-state index contributed by atoms with van der Waals surface area (Å²) in [6.07, 6.45) is 2.68. The molecule has 1 fully saturated rings. The molecule has 21 heavy (non-hydrogen) atoms. The smallest absolute Gasteiger partial charge is 0.289 e. The van der Waals surface area contributed by atoms with Crippen molar-refractivity contribution in [1.82, 2.24) is 14.9 Å². The van der Waals surface area contributed by atoms with E-state index in [1.165, 1.54) is 19.3 Å². The van der Waals surface area contributed by atoms with Crippen LogP contribution in [0.2, 0.25) is 0 Å². The summed E-state index contributed by atoms with van der Waals surface area (Å²) in [6.45, 7) is 2.31. The highest BCUT2D eigenvalue weighted by atomic mass is 16.2. The maximum atomic E-state index is 11.6. The molecule has 0 saturated carbocycles. The van der Waals surface area contributed by atoms with Crippen LogP contribution in [0, 0.1) is 0 Å². The lowest BCUT2D eigenvalue weighted by molar-refractivity contribution is -0.144. The highest BCUT2D eigenvalue weighted by Gasteiger charge is 2.25. The van der Waals surface area contributed by atoms with Crippen molar-refractivity contribution in [2.24, 2.45) is 5.73 Å². The fourth-order valence-corrected chi connectivity index (χ4v) is 2.23. The van der Waals surface area contributed by atoms with E-state index >= 15 is 0 Å². The quantitative estimate of drug-likeness (QED) is 0.726. The van der Waals surface area contributed by atoms with E-state index in [1.807, 2.05) is 0 Å². The van der Waals surface area contributed by atoms with Crippen molar-refractivity contribution in [3.63, 3.8) is 0 Å². The van der Waals surface area contributed by atoms with Crippen LogP contribution >= 0.6 is 0 Å². The van der Waals surface area contributed by atoms with E-state index in [9.17, 15) is 14.4 Å². The third-order valence-electron chi connectivity index (χ3n) is 3.35. The van der Waals surface area contributed by atoms with Gasteiger partial charge in [-0.2, -0.15) is 0 Å². The van der Waals surface area contributed by atoms with Gasteiger partial charge in [0.1, 0.15) is 17.8 Å². The summed E-state index contributed by atoms with van der Waals surface area (Å²) in [4.78, 5) is 43.0. The molecule has 1 aliphatic rings. The number of aromatic nitrogens is 2. The van der Waals surface area contributed by atoms with Crippen LogP contribution in [0.1, 0.15) is 30.3 Å². The third kappa shape index (κ3) is 3.74. The third-order valence-corrected chi connectivity index (χ3v) is 3.35. The summed E-state index contributed by atoms with van der Waals surface area (Å²) in [5.41, 5.74) is 5.31. The molecule has 2 amide bonds.